The SMILES string of the molecule is COC(=O)Cn1ncc(NC(=O)c2ccccc2)cc1=O. The Morgan fingerprint density at radius 3 is 2.62 bits per heavy atom. The Balaban J connectivity index is 2.12. The maximum absolute atomic E-state index is 11.9. The molecule has 1 amide bonds. The van der Waals surface area contributed by atoms with Crippen molar-refractivity contribution in [3.63, 3.8) is 0 Å². The Morgan fingerprint density at radius 1 is 1.29 bits per heavy atom. The fraction of sp³-hybridized carbons (Fsp3) is 0.143. The predicted octanol–water partition coefficient (Wildman–Crippen LogP) is 0.669. The molecule has 2 rings (SSSR count). The molecule has 108 valence electrons. The number of aromatic nitrogens is 2. The van der Waals surface area contributed by atoms with Crippen LogP contribution >= 0.6 is 0 Å². The van der Waals surface area contributed by atoms with Gasteiger partial charge in [-0.3, -0.25) is 14.4 Å². The number of esters is 1. The van der Waals surface area contributed by atoms with Gasteiger partial charge in [-0.15, -0.1) is 0 Å². The van der Waals surface area contributed by atoms with Crippen LogP contribution in [0.15, 0.2) is 47.4 Å². The van der Waals surface area contributed by atoms with Crippen molar-refractivity contribution in [3.05, 3.63) is 58.5 Å². The van der Waals surface area contributed by atoms with E-state index in [1.165, 1.54) is 19.4 Å². The third kappa shape index (κ3) is 3.75. The normalized spacial score (nSPS) is 9.95. The number of hydrogen-bond acceptors (Lipinski definition) is 5. The zero-order valence-electron chi connectivity index (χ0n) is 11.3. The van der Waals surface area contributed by atoms with Gasteiger partial charge in [0.05, 0.1) is 19.0 Å². The number of ether oxygens (including phenoxy) is 1. The molecular formula is C14H13N3O4. The van der Waals surface area contributed by atoms with Crippen LogP contribution in [0.4, 0.5) is 5.69 Å². The van der Waals surface area contributed by atoms with Crippen LogP contribution in [0.2, 0.25) is 0 Å². The minimum atomic E-state index is -0.578. The van der Waals surface area contributed by atoms with E-state index in [-0.39, 0.29) is 18.1 Å². The first-order valence-corrected chi connectivity index (χ1v) is 6.10. The van der Waals surface area contributed by atoms with Crippen LogP contribution < -0.4 is 10.9 Å². The van der Waals surface area contributed by atoms with Gasteiger partial charge in [-0.25, -0.2) is 4.68 Å². The van der Waals surface area contributed by atoms with Gasteiger partial charge in [0.15, 0.2) is 0 Å². The average Bonchev–Trinajstić information content (AvgIpc) is 2.50. The summed E-state index contributed by atoms with van der Waals surface area (Å²) in [5.41, 5.74) is 0.220. The molecule has 7 nitrogen and oxygen atoms in total. The first kappa shape index (κ1) is 14.4. The first-order valence-electron chi connectivity index (χ1n) is 6.10. The number of anilines is 1. The molecule has 0 radical (unpaired) electrons. The molecule has 0 spiro atoms. The molecule has 0 unspecified atom stereocenters. The minimum Gasteiger partial charge on any atom is -0.468 e. The molecule has 0 atom stereocenters. The van der Waals surface area contributed by atoms with Crippen LogP contribution in [0.5, 0.6) is 0 Å². The van der Waals surface area contributed by atoms with E-state index in [4.69, 9.17) is 0 Å². The molecule has 0 bridgehead atoms. The largest absolute Gasteiger partial charge is 0.468 e. The highest BCUT2D eigenvalue weighted by Crippen LogP contribution is 2.05. The van der Waals surface area contributed by atoms with E-state index in [0.717, 1.165) is 4.68 Å². The fourth-order valence-electron chi connectivity index (χ4n) is 1.60. The van der Waals surface area contributed by atoms with Crippen LogP contribution in [-0.4, -0.2) is 28.8 Å². The van der Waals surface area contributed by atoms with E-state index in [1.807, 2.05) is 0 Å². The van der Waals surface area contributed by atoms with Crippen molar-refractivity contribution in [2.24, 2.45) is 0 Å². The number of carbonyl (C=O) groups is 2. The third-order valence-corrected chi connectivity index (χ3v) is 2.67. The lowest BCUT2D eigenvalue weighted by molar-refractivity contribution is -0.141. The maximum Gasteiger partial charge on any atom is 0.327 e. The Kier molecular flexibility index (Phi) is 4.45. The maximum atomic E-state index is 11.9. The highest BCUT2D eigenvalue weighted by molar-refractivity contribution is 6.04. The smallest absolute Gasteiger partial charge is 0.327 e. The fourth-order valence-corrected chi connectivity index (χ4v) is 1.60. The predicted molar refractivity (Wildman–Crippen MR) is 74.9 cm³/mol. The molecule has 0 saturated heterocycles. The van der Waals surface area contributed by atoms with Crippen LogP contribution in [0.1, 0.15) is 10.4 Å². The van der Waals surface area contributed by atoms with Crippen LogP contribution in [0.3, 0.4) is 0 Å². The molecule has 7 heteroatoms. The number of carbonyl (C=O) groups excluding carboxylic acids is 2. The summed E-state index contributed by atoms with van der Waals surface area (Å²) in [5, 5.41) is 6.36. The number of nitrogens with one attached hydrogen (secondary N) is 1. The van der Waals surface area contributed by atoms with Crippen molar-refractivity contribution in [1.82, 2.24) is 9.78 Å². The lowest BCUT2D eigenvalue weighted by atomic mass is 10.2. The van der Waals surface area contributed by atoms with Gasteiger partial charge in [-0.1, -0.05) is 18.2 Å². The minimum absolute atomic E-state index is 0.259. The van der Waals surface area contributed by atoms with Gasteiger partial charge in [-0.05, 0) is 12.1 Å². The molecule has 0 aliphatic carbocycles. The number of hydrogen-bond donors (Lipinski definition) is 1. The van der Waals surface area contributed by atoms with Gasteiger partial charge in [0.1, 0.15) is 6.54 Å². The topological polar surface area (TPSA) is 90.3 Å². The molecule has 1 heterocycles. The molecule has 1 aromatic heterocycles. The number of methoxy groups -OCH3 is 1. The van der Waals surface area contributed by atoms with Gasteiger partial charge < -0.3 is 10.1 Å². The van der Waals surface area contributed by atoms with E-state index in [1.54, 1.807) is 30.3 Å². The monoisotopic (exact) mass is 287 g/mol. The van der Waals surface area contributed by atoms with Crippen molar-refractivity contribution in [2.75, 3.05) is 12.4 Å². The third-order valence-electron chi connectivity index (χ3n) is 2.67. The Labute approximate surface area is 120 Å². The summed E-state index contributed by atoms with van der Waals surface area (Å²) in [7, 11) is 1.22. The van der Waals surface area contributed by atoms with Gasteiger partial charge in [-0.2, -0.15) is 5.10 Å². The van der Waals surface area contributed by atoms with Crippen LogP contribution in [-0.2, 0) is 16.1 Å². The van der Waals surface area contributed by atoms with Crippen LogP contribution in [0, 0.1) is 0 Å². The van der Waals surface area contributed by atoms with Crippen molar-refractivity contribution >= 4 is 17.6 Å². The van der Waals surface area contributed by atoms with Gasteiger partial charge in [0.25, 0.3) is 11.5 Å². The van der Waals surface area contributed by atoms with Gasteiger partial charge in [0.2, 0.25) is 0 Å². The van der Waals surface area contributed by atoms with Crippen molar-refractivity contribution < 1.29 is 14.3 Å². The molecular weight excluding hydrogens is 274 g/mol. The Bertz CT molecular complexity index is 710. The van der Waals surface area contributed by atoms with E-state index in [2.05, 4.69) is 15.2 Å². The standard InChI is InChI=1S/C14H13N3O4/c1-21-13(19)9-17-12(18)7-11(8-15-17)16-14(20)10-5-3-2-4-6-10/h2-8H,9H2,1H3,(H,16,20). The molecule has 21 heavy (non-hydrogen) atoms. The molecule has 1 N–H and O–H groups in total. The lowest BCUT2D eigenvalue weighted by Crippen LogP contribution is -2.27. The Hall–Kier alpha value is -2.96. The highest BCUT2D eigenvalue weighted by Gasteiger charge is 2.09. The zero-order valence-corrected chi connectivity index (χ0v) is 11.3. The quantitative estimate of drug-likeness (QED) is 0.835. The van der Waals surface area contributed by atoms with E-state index < -0.39 is 11.5 Å². The molecule has 0 fully saturated rings. The number of nitrogens with zero attached hydrogens (tertiary/aromatic N) is 2. The second kappa shape index (κ2) is 6.47. The lowest BCUT2D eigenvalue weighted by Gasteiger charge is -2.06. The molecule has 0 aliphatic heterocycles. The highest BCUT2D eigenvalue weighted by atomic mass is 16.5. The number of benzene rings is 1. The van der Waals surface area contributed by atoms with Crippen LogP contribution in [0.25, 0.3) is 0 Å². The van der Waals surface area contributed by atoms with Gasteiger partial charge >= 0.3 is 5.97 Å². The average molecular weight is 287 g/mol. The summed E-state index contributed by atoms with van der Waals surface area (Å²) in [4.78, 5) is 34.8. The zero-order chi connectivity index (χ0) is 15.2. The summed E-state index contributed by atoms with van der Waals surface area (Å²) in [6.07, 6.45) is 1.30. The number of rotatable bonds is 4. The second-order valence-corrected chi connectivity index (χ2v) is 4.14. The van der Waals surface area contributed by atoms with Crippen molar-refractivity contribution in [3.8, 4) is 0 Å². The van der Waals surface area contributed by atoms with Gasteiger partial charge in [0, 0.05) is 11.6 Å². The van der Waals surface area contributed by atoms with E-state index >= 15 is 0 Å². The van der Waals surface area contributed by atoms with Crippen molar-refractivity contribution in [2.45, 2.75) is 6.54 Å². The van der Waals surface area contributed by atoms with Crippen molar-refractivity contribution in [1.29, 1.82) is 0 Å². The molecule has 1 aromatic carbocycles. The summed E-state index contributed by atoms with van der Waals surface area (Å²) in [6, 6.07) is 9.77. The number of amides is 1. The summed E-state index contributed by atoms with van der Waals surface area (Å²) in [5.74, 6) is -0.923. The molecule has 2 aromatic rings. The summed E-state index contributed by atoms with van der Waals surface area (Å²) in [6.45, 7) is -0.276. The Morgan fingerprint density at radius 2 is 2.00 bits per heavy atom. The van der Waals surface area contributed by atoms with E-state index in [9.17, 15) is 14.4 Å². The summed E-state index contributed by atoms with van der Waals surface area (Å²) < 4.78 is 5.40. The summed E-state index contributed by atoms with van der Waals surface area (Å²) >= 11 is 0. The molecule has 0 saturated carbocycles. The molecule has 0 aliphatic rings. The second-order valence-electron chi connectivity index (χ2n) is 4.14. The van der Waals surface area contributed by atoms with E-state index in [0.29, 0.717) is 5.56 Å². The first-order chi connectivity index (χ1) is 10.1.